The third-order valence-corrected chi connectivity index (χ3v) is 10.2. The lowest BCUT2D eigenvalue weighted by Crippen LogP contribution is -2.29. The molecular weight excluding hydrogens is 800 g/mol. The highest BCUT2D eigenvalue weighted by Gasteiger charge is 2.15. The van der Waals surface area contributed by atoms with Gasteiger partial charge in [-0.15, -0.1) is 10.2 Å². The maximum atomic E-state index is 14.3. The highest BCUT2D eigenvalue weighted by atomic mass is 19.1. The van der Waals surface area contributed by atoms with E-state index in [4.69, 9.17) is 10.2 Å². The SMILES string of the molecule is CC(C)NC(=O)c1ccc(-c2ccc3nnn(Cc4ccc5ncccc5c4)c3n2)cc1.O=C(NO)c1ccc(-c2ccc3nnn(Cc4ccc5ncccc5c4)c3n2)cc1F. The Morgan fingerprint density at radius 3 is 1.67 bits per heavy atom. The molecule has 0 fully saturated rings. The van der Waals surface area contributed by atoms with Gasteiger partial charge in [0.05, 0.1) is 41.1 Å². The number of carbonyl (C=O) groups is 2. The van der Waals surface area contributed by atoms with Gasteiger partial charge in [0.2, 0.25) is 0 Å². The molecule has 0 spiro atoms. The van der Waals surface area contributed by atoms with E-state index in [1.54, 1.807) is 40.0 Å². The van der Waals surface area contributed by atoms with Gasteiger partial charge in [-0.25, -0.2) is 29.2 Å². The van der Waals surface area contributed by atoms with Crippen LogP contribution in [0.25, 0.3) is 66.6 Å². The number of hydrogen-bond acceptors (Lipinski definition) is 11. The molecule has 2 amide bonds. The summed E-state index contributed by atoms with van der Waals surface area (Å²) in [7, 11) is 0. The van der Waals surface area contributed by atoms with Gasteiger partial charge in [-0.1, -0.05) is 52.9 Å². The molecule has 0 bridgehead atoms. The van der Waals surface area contributed by atoms with Crippen molar-refractivity contribution in [3.63, 3.8) is 0 Å². The van der Waals surface area contributed by atoms with Gasteiger partial charge in [0, 0.05) is 45.9 Å². The number of pyridine rings is 4. The first-order valence-electron chi connectivity index (χ1n) is 19.9. The van der Waals surface area contributed by atoms with Crippen LogP contribution in [-0.4, -0.2) is 73.0 Å². The Hall–Kier alpha value is -8.37. The third-order valence-electron chi connectivity index (χ3n) is 10.2. The highest BCUT2D eigenvalue weighted by Crippen LogP contribution is 2.25. The minimum absolute atomic E-state index is 0.0807. The Kier molecular flexibility index (Phi) is 11.0. The van der Waals surface area contributed by atoms with Crippen LogP contribution < -0.4 is 10.8 Å². The maximum absolute atomic E-state index is 14.3. The van der Waals surface area contributed by atoms with E-state index in [1.165, 1.54) is 17.6 Å². The minimum atomic E-state index is -0.916. The van der Waals surface area contributed by atoms with Crippen LogP contribution in [0.4, 0.5) is 4.39 Å². The predicted molar refractivity (Wildman–Crippen MR) is 235 cm³/mol. The van der Waals surface area contributed by atoms with Gasteiger partial charge in [-0.2, -0.15) is 0 Å². The van der Waals surface area contributed by atoms with Crippen LogP contribution in [0, 0.1) is 5.82 Å². The molecule has 0 saturated carbocycles. The third kappa shape index (κ3) is 8.64. The standard InChI is InChI=1S/C25H22N6O.C22H15FN6O2/c1-16(2)27-25(32)19-8-6-18(7-9-19)22-11-12-23-24(28-22)31(30-29-23)15-17-5-10-21-20(14-17)4-3-13-26-21;23-17-11-15(4-5-16(17)22(30)27-31)19-7-8-20-21(25-19)29(28-26-20)12-13-3-6-18-14(10-13)2-1-9-24-18/h3-14,16H,15H2,1-2H3,(H,27,32);1-11,31H,12H2,(H,27,30). The highest BCUT2D eigenvalue weighted by molar-refractivity contribution is 5.95. The monoisotopic (exact) mass is 836 g/mol. The van der Waals surface area contributed by atoms with Crippen molar-refractivity contribution in [1.82, 2.24) is 60.7 Å². The second-order valence-corrected chi connectivity index (χ2v) is 15.0. The molecule has 15 nitrogen and oxygen atoms in total. The molecule has 0 atom stereocenters. The van der Waals surface area contributed by atoms with Crippen LogP contribution in [-0.2, 0) is 13.1 Å². The molecule has 6 heterocycles. The molecule has 310 valence electrons. The molecule has 0 radical (unpaired) electrons. The number of benzene rings is 4. The summed E-state index contributed by atoms with van der Waals surface area (Å²) in [5.74, 6) is -1.76. The fourth-order valence-electron chi connectivity index (χ4n) is 7.09. The van der Waals surface area contributed by atoms with E-state index in [2.05, 4.69) is 47.0 Å². The number of amides is 2. The molecule has 3 N–H and O–H groups in total. The molecule has 4 aromatic carbocycles. The predicted octanol–water partition coefficient (Wildman–Crippen LogP) is 7.58. The first-order valence-corrected chi connectivity index (χ1v) is 19.9. The summed E-state index contributed by atoms with van der Waals surface area (Å²) >= 11 is 0. The first kappa shape index (κ1) is 40.1. The lowest BCUT2D eigenvalue weighted by Gasteiger charge is -2.09. The molecule has 0 saturated heterocycles. The molecule has 0 aliphatic heterocycles. The van der Waals surface area contributed by atoms with Crippen LogP contribution in [0.3, 0.4) is 0 Å². The fourth-order valence-corrected chi connectivity index (χ4v) is 7.09. The van der Waals surface area contributed by atoms with Crippen molar-refractivity contribution in [2.24, 2.45) is 0 Å². The number of hydrogen-bond donors (Lipinski definition) is 3. The van der Waals surface area contributed by atoms with Crippen molar-refractivity contribution in [2.45, 2.75) is 33.0 Å². The molecule has 0 unspecified atom stereocenters. The van der Waals surface area contributed by atoms with Crippen molar-refractivity contribution in [3.05, 3.63) is 168 Å². The number of hydroxylamine groups is 1. The first-order chi connectivity index (χ1) is 30.7. The normalized spacial score (nSPS) is 11.3. The second-order valence-electron chi connectivity index (χ2n) is 15.0. The number of carbonyl (C=O) groups excluding carboxylic acids is 2. The molecule has 63 heavy (non-hydrogen) atoms. The topological polar surface area (TPSA) is 191 Å². The quantitative estimate of drug-likeness (QED) is 0.0960. The summed E-state index contributed by atoms with van der Waals surface area (Å²) < 4.78 is 17.8. The molecule has 6 aromatic heterocycles. The summed E-state index contributed by atoms with van der Waals surface area (Å²) in [5.41, 5.74) is 11.1. The van der Waals surface area contributed by atoms with E-state index in [1.807, 2.05) is 105 Å². The van der Waals surface area contributed by atoms with Gasteiger partial charge in [-0.05, 0) is 110 Å². The van der Waals surface area contributed by atoms with Gasteiger partial charge >= 0.3 is 0 Å². The van der Waals surface area contributed by atoms with E-state index in [0.717, 1.165) is 55.4 Å². The van der Waals surface area contributed by atoms with Crippen molar-refractivity contribution >= 4 is 55.9 Å². The Labute approximate surface area is 358 Å². The van der Waals surface area contributed by atoms with Gasteiger partial charge < -0.3 is 5.32 Å². The zero-order valence-electron chi connectivity index (χ0n) is 33.9. The summed E-state index contributed by atoms with van der Waals surface area (Å²) in [6, 6.07) is 38.9. The van der Waals surface area contributed by atoms with Gasteiger partial charge in [0.1, 0.15) is 16.9 Å². The Balaban J connectivity index is 0.000000160. The average Bonchev–Trinajstić information content (AvgIpc) is 3.91. The van der Waals surface area contributed by atoms with E-state index in [9.17, 15) is 14.0 Å². The van der Waals surface area contributed by atoms with Crippen LogP contribution in [0.5, 0.6) is 0 Å². The lowest BCUT2D eigenvalue weighted by atomic mass is 10.1. The van der Waals surface area contributed by atoms with Crippen LogP contribution in [0.2, 0.25) is 0 Å². The van der Waals surface area contributed by atoms with Crippen molar-refractivity contribution in [1.29, 1.82) is 0 Å². The summed E-state index contributed by atoms with van der Waals surface area (Å²) in [4.78, 5) is 41.8. The summed E-state index contributed by atoms with van der Waals surface area (Å²) in [6.45, 7) is 4.91. The maximum Gasteiger partial charge on any atom is 0.277 e. The Bertz CT molecular complexity index is 3310. The average molecular weight is 837 g/mol. The molecule has 16 heteroatoms. The van der Waals surface area contributed by atoms with E-state index in [0.29, 0.717) is 41.1 Å². The second kappa shape index (κ2) is 17.3. The van der Waals surface area contributed by atoms with Crippen LogP contribution in [0.15, 0.2) is 140 Å². The minimum Gasteiger partial charge on any atom is -0.350 e. The van der Waals surface area contributed by atoms with Crippen LogP contribution >= 0.6 is 0 Å². The van der Waals surface area contributed by atoms with Crippen LogP contribution in [0.1, 0.15) is 45.7 Å². The Morgan fingerprint density at radius 2 is 1.14 bits per heavy atom. The number of aromatic nitrogens is 10. The zero-order valence-corrected chi connectivity index (χ0v) is 33.9. The molecule has 10 aromatic rings. The lowest BCUT2D eigenvalue weighted by molar-refractivity contribution is 0.0701. The zero-order chi connectivity index (χ0) is 43.5. The van der Waals surface area contributed by atoms with Crippen molar-refractivity contribution in [2.75, 3.05) is 0 Å². The Morgan fingerprint density at radius 1 is 0.619 bits per heavy atom. The molecule has 0 aliphatic carbocycles. The molecular formula is C47H37FN12O3. The number of fused-ring (bicyclic) bond motifs is 4. The van der Waals surface area contributed by atoms with E-state index in [-0.39, 0.29) is 17.5 Å². The number of rotatable bonds is 9. The van der Waals surface area contributed by atoms with Crippen molar-refractivity contribution < 1.29 is 19.2 Å². The van der Waals surface area contributed by atoms with E-state index < -0.39 is 11.7 Å². The van der Waals surface area contributed by atoms with Gasteiger partial charge in [-0.3, -0.25) is 24.8 Å². The fraction of sp³-hybridized carbons (Fsp3) is 0.106. The summed E-state index contributed by atoms with van der Waals surface area (Å²) in [6.07, 6.45) is 3.55. The van der Waals surface area contributed by atoms with Crippen molar-refractivity contribution in [3.8, 4) is 22.5 Å². The van der Waals surface area contributed by atoms with Gasteiger partial charge in [0.25, 0.3) is 11.8 Å². The van der Waals surface area contributed by atoms with Gasteiger partial charge in [0.15, 0.2) is 11.3 Å². The largest absolute Gasteiger partial charge is 0.350 e. The van der Waals surface area contributed by atoms with E-state index >= 15 is 0 Å². The number of nitrogens with one attached hydrogen (secondary N) is 2. The smallest absolute Gasteiger partial charge is 0.277 e. The summed E-state index contributed by atoms with van der Waals surface area (Å²) in [5, 5.41) is 30.7. The number of nitrogens with zero attached hydrogens (tertiary/aromatic N) is 10. The molecule has 10 rings (SSSR count). The number of halogens is 1. The molecule has 0 aliphatic rings.